The Labute approximate surface area is 101 Å². The van der Waals surface area contributed by atoms with E-state index in [0.717, 1.165) is 5.39 Å². The highest BCUT2D eigenvalue weighted by atomic mass is 79.9. The van der Waals surface area contributed by atoms with Crippen molar-refractivity contribution < 1.29 is 14.6 Å². The molecule has 16 heavy (non-hydrogen) atoms. The normalized spacial score (nSPS) is 10.4. The van der Waals surface area contributed by atoms with Gasteiger partial charge in [0.1, 0.15) is 11.3 Å². The van der Waals surface area contributed by atoms with Crippen LogP contribution in [0.3, 0.4) is 0 Å². The van der Waals surface area contributed by atoms with Crippen LogP contribution in [0.1, 0.15) is 10.4 Å². The Morgan fingerprint density at radius 1 is 1.38 bits per heavy atom. The lowest BCUT2D eigenvalue weighted by molar-refractivity contribution is 0.0599. The van der Waals surface area contributed by atoms with Crippen LogP contribution in [0.2, 0.25) is 0 Å². The second kappa shape index (κ2) is 4.14. The lowest BCUT2D eigenvalue weighted by atomic mass is 10.0. The highest BCUT2D eigenvalue weighted by Crippen LogP contribution is 2.35. The molecule has 0 saturated carbocycles. The van der Waals surface area contributed by atoms with Crippen molar-refractivity contribution in [3.8, 4) is 5.75 Å². The number of ether oxygens (including phenoxy) is 1. The highest BCUT2D eigenvalue weighted by Gasteiger charge is 2.18. The van der Waals surface area contributed by atoms with Crippen molar-refractivity contribution in [1.29, 1.82) is 0 Å². The summed E-state index contributed by atoms with van der Waals surface area (Å²) in [5.74, 6) is -0.638. The number of aromatic hydroxyl groups is 1. The number of phenols is 1. The Hall–Kier alpha value is -1.55. The summed E-state index contributed by atoms with van der Waals surface area (Å²) in [5.41, 5.74) is 0.187. The van der Waals surface area contributed by atoms with Crippen LogP contribution in [0.15, 0.2) is 34.8 Å². The van der Waals surface area contributed by atoms with Gasteiger partial charge in [-0.3, -0.25) is 0 Å². The lowest BCUT2D eigenvalue weighted by Crippen LogP contribution is -2.03. The number of fused-ring (bicyclic) bond motifs is 1. The third kappa shape index (κ3) is 1.65. The van der Waals surface area contributed by atoms with Crippen LogP contribution in [-0.2, 0) is 4.74 Å². The van der Waals surface area contributed by atoms with Crippen LogP contribution in [0.25, 0.3) is 10.8 Å². The number of esters is 1. The van der Waals surface area contributed by atoms with E-state index >= 15 is 0 Å². The summed E-state index contributed by atoms with van der Waals surface area (Å²) in [6.07, 6.45) is 0. The van der Waals surface area contributed by atoms with Gasteiger partial charge in [0.25, 0.3) is 0 Å². The molecule has 0 aliphatic rings. The van der Waals surface area contributed by atoms with Gasteiger partial charge >= 0.3 is 5.97 Å². The summed E-state index contributed by atoms with van der Waals surface area (Å²) in [4.78, 5) is 11.6. The number of phenolic OH excluding ortho intramolecular Hbond substituents is 1. The average molecular weight is 281 g/mol. The number of methoxy groups -OCH3 is 1. The predicted molar refractivity (Wildman–Crippen MR) is 64.7 cm³/mol. The Bertz CT molecular complexity index is 563. The second-order valence-electron chi connectivity index (χ2n) is 3.29. The van der Waals surface area contributed by atoms with Crippen molar-refractivity contribution in [3.63, 3.8) is 0 Å². The first-order chi connectivity index (χ1) is 7.65. The zero-order valence-electron chi connectivity index (χ0n) is 8.53. The Morgan fingerprint density at radius 3 is 2.75 bits per heavy atom. The quantitative estimate of drug-likeness (QED) is 0.817. The molecule has 0 fully saturated rings. The zero-order valence-corrected chi connectivity index (χ0v) is 10.1. The molecular formula is C12H9BrO3. The lowest BCUT2D eigenvalue weighted by Gasteiger charge is -2.08. The minimum atomic E-state index is -0.546. The molecule has 0 heterocycles. The van der Waals surface area contributed by atoms with Gasteiger partial charge in [0.05, 0.1) is 11.6 Å². The third-order valence-electron chi connectivity index (χ3n) is 2.36. The summed E-state index contributed by atoms with van der Waals surface area (Å²) in [6, 6.07) is 9.08. The molecule has 3 nitrogen and oxygen atoms in total. The number of hydrogen-bond acceptors (Lipinski definition) is 3. The van der Waals surface area contributed by atoms with Crippen LogP contribution in [-0.4, -0.2) is 18.2 Å². The summed E-state index contributed by atoms with van der Waals surface area (Å²) in [5, 5.41) is 11.4. The van der Waals surface area contributed by atoms with E-state index in [0.29, 0.717) is 9.86 Å². The smallest absolute Gasteiger partial charge is 0.342 e. The minimum Gasteiger partial charge on any atom is -0.506 e. The average Bonchev–Trinajstić information content (AvgIpc) is 2.30. The first-order valence-corrected chi connectivity index (χ1v) is 5.43. The van der Waals surface area contributed by atoms with Crippen molar-refractivity contribution >= 4 is 32.7 Å². The molecule has 2 rings (SSSR count). The number of carbonyl (C=O) groups is 1. The molecule has 0 unspecified atom stereocenters. The van der Waals surface area contributed by atoms with E-state index in [4.69, 9.17) is 0 Å². The number of carbonyl (C=O) groups excluding carboxylic acids is 1. The van der Waals surface area contributed by atoms with Crippen LogP contribution in [0.4, 0.5) is 0 Å². The van der Waals surface area contributed by atoms with Gasteiger partial charge in [-0.05, 0) is 27.4 Å². The maximum Gasteiger partial charge on any atom is 0.342 e. The third-order valence-corrected chi connectivity index (χ3v) is 2.97. The van der Waals surface area contributed by atoms with Crippen molar-refractivity contribution in [2.45, 2.75) is 0 Å². The molecule has 1 N–H and O–H groups in total. The van der Waals surface area contributed by atoms with Gasteiger partial charge in [-0.2, -0.15) is 0 Å². The van der Waals surface area contributed by atoms with Crippen molar-refractivity contribution in [1.82, 2.24) is 0 Å². The number of rotatable bonds is 1. The first-order valence-electron chi connectivity index (χ1n) is 4.63. The largest absolute Gasteiger partial charge is 0.506 e. The molecule has 0 radical (unpaired) electrons. The zero-order chi connectivity index (χ0) is 11.7. The van der Waals surface area contributed by atoms with E-state index < -0.39 is 5.97 Å². The number of benzene rings is 2. The Balaban J connectivity index is 2.87. The van der Waals surface area contributed by atoms with Crippen molar-refractivity contribution in [2.24, 2.45) is 0 Å². The molecule has 0 spiro atoms. The molecule has 82 valence electrons. The van der Waals surface area contributed by atoms with Gasteiger partial charge in [-0.15, -0.1) is 0 Å². The van der Waals surface area contributed by atoms with Gasteiger partial charge in [-0.25, -0.2) is 4.79 Å². The topological polar surface area (TPSA) is 46.5 Å². The molecule has 4 heteroatoms. The van der Waals surface area contributed by atoms with Gasteiger partial charge < -0.3 is 9.84 Å². The van der Waals surface area contributed by atoms with Gasteiger partial charge in [0.15, 0.2) is 0 Å². The fourth-order valence-corrected chi connectivity index (χ4v) is 2.06. The molecule has 0 saturated heterocycles. The summed E-state index contributed by atoms with van der Waals surface area (Å²) < 4.78 is 5.14. The van der Waals surface area contributed by atoms with E-state index in [1.54, 1.807) is 12.1 Å². The summed E-state index contributed by atoms with van der Waals surface area (Å²) in [6.45, 7) is 0. The number of hydrogen-bond donors (Lipinski definition) is 1. The maximum atomic E-state index is 11.6. The predicted octanol–water partition coefficient (Wildman–Crippen LogP) is 3.09. The molecule has 0 aliphatic carbocycles. The van der Waals surface area contributed by atoms with E-state index in [1.807, 2.05) is 18.2 Å². The molecular weight excluding hydrogens is 272 g/mol. The second-order valence-corrected chi connectivity index (χ2v) is 4.15. The molecule has 2 aromatic rings. The Kier molecular flexibility index (Phi) is 2.83. The summed E-state index contributed by atoms with van der Waals surface area (Å²) >= 11 is 3.21. The molecule has 0 atom stereocenters. The van der Waals surface area contributed by atoms with Gasteiger partial charge in [0, 0.05) is 5.39 Å². The molecule has 0 amide bonds. The Morgan fingerprint density at radius 2 is 2.06 bits per heavy atom. The van der Waals surface area contributed by atoms with E-state index in [9.17, 15) is 9.90 Å². The standard InChI is InChI=1S/C12H9BrO3/c1-16-12(15)10-8-5-3-2-4-7(8)6-9(13)11(10)14/h2-6,14H,1H3. The number of halogens is 1. The minimum absolute atomic E-state index is 0.0921. The first kappa shape index (κ1) is 11.0. The van der Waals surface area contributed by atoms with Crippen molar-refractivity contribution in [2.75, 3.05) is 7.11 Å². The summed E-state index contributed by atoms with van der Waals surface area (Å²) in [7, 11) is 1.29. The molecule has 0 aliphatic heterocycles. The van der Waals surface area contributed by atoms with E-state index in [1.165, 1.54) is 7.11 Å². The molecule has 2 aromatic carbocycles. The maximum absolute atomic E-state index is 11.6. The monoisotopic (exact) mass is 280 g/mol. The molecule has 0 aromatic heterocycles. The van der Waals surface area contributed by atoms with Gasteiger partial charge in [0.2, 0.25) is 0 Å². The van der Waals surface area contributed by atoms with E-state index in [2.05, 4.69) is 20.7 Å². The molecule has 0 bridgehead atoms. The highest BCUT2D eigenvalue weighted by molar-refractivity contribution is 9.10. The van der Waals surface area contributed by atoms with Crippen LogP contribution >= 0.6 is 15.9 Å². The van der Waals surface area contributed by atoms with Crippen LogP contribution in [0, 0.1) is 0 Å². The van der Waals surface area contributed by atoms with Crippen LogP contribution in [0.5, 0.6) is 5.75 Å². The van der Waals surface area contributed by atoms with Crippen LogP contribution < -0.4 is 0 Å². The van der Waals surface area contributed by atoms with E-state index in [-0.39, 0.29) is 11.3 Å². The van der Waals surface area contributed by atoms with Crippen molar-refractivity contribution in [3.05, 3.63) is 40.4 Å². The SMILES string of the molecule is COC(=O)c1c(O)c(Br)cc2ccccc12. The van der Waals surface area contributed by atoms with Gasteiger partial charge in [-0.1, -0.05) is 24.3 Å². The fraction of sp³-hybridized carbons (Fsp3) is 0.0833. The fourth-order valence-electron chi connectivity index (χ4n) is 1.61.